The number of aliphatic carboxylic acids is 1. The highest BCUT2D eigenvalue weighted by Crippen LogP contribution is 2.29. The van der Waals surface area contributed by atoms with Crippen LogP contribution in [0.15, 0.2) is 42.5 Å². The zero-order valence-corrected chi connectivity index (χ0v) is 11.7. The van der Waals surface area contributed by atoms with Crippen molar-refractivity contribution in [1.29, 1.82) is 0 Å². The second-order valence-corrected chi connectivity index (χ2v) is 5.75. The molecule has 0 unspecified atom stereocenters. The van der Waals surface area contributed by atoms with E-state index in [1.807, 2.05) is 12.1 Å². The van der Waals surface area contributed by atoms with Gasteiger partial charge in [0, 0.05) is 9.75 Å². The number of hydrogen-bond donors (Lipinski definition) is 0. The maximum atomic E-state index is 10.4. The fourth-order valence-electron chi connectivity index (χ4n) is 1.78. The fraction of sp³-hybridized carbons (Fsp3) is 0.188. The number of carboxylic acid groups (broad SMARTS) is 1. The van der Waals surface area contributed by atoms with Crippen LogP contribution in [-0.4, -0.2) is 5.97 Å². The maximum Gasteiger partial charge on any atom is 0.0643 e. The molecule has 19 heavy (non-hydrogen) atoms. The zero-order chi connectivity index (χ0) is 13.8. The number of benzene rings is 1. The number of thiophene rings is 1. The molecule has 0 amide bonds. The normalized spacial score (nSPS) is 11.3. The molecule has 0 spiro atoms. The molecule has 0 aliphatic rings. The third-order valence-corrected chi connectivity index (χ3v) is 3.97. The Morgan fingerprint density at radius 1 is 1.16 bits per heavy atom. The lowest BCUT2D eigenvalue weighted by Gasteiger charge is -2.05. The molecule has 1 aromatic heterocycles. The Kier molecular flexibility index (Phi) is 4.17. The summed E-state index contributed by atoms with van der Waals surface area (Å²) in [5.41, 5.74) is 2.47. The molecule has 0 aliphatic heterocycles. The first-order valence-electron chi connectivity index (χ1n) is 6.15. The van der Waals surface area contributed by atoms with Gasteiger partial charge in [-0.25, -0.2) is 0 Å². The molecule has 1 aromatic carbocycles. The maximum absolute atomic E-state index is 10.4. The van der Waals surface area contributed by atoms with Gasteiger partial charge in [-0.1, -0.05) is 38.1 Å². The molecule has 0 bridgehead atoms. The lowest BCUT2D eigenvalue weighted by atomic mass is 10.0. The summed E-state index contributed by atoms with van der Waals surface area (Å²) >= 11 is 1.56. The molecule has 2 aromatic rings. The van der Waals surface area contributed by atoms with Crippen molar-refractivity contribution >= 4 is 23.4 Å². The molecule has 0 radical (unpaired) electrons. The summed E-state index contributed by atoms with van der Waals surface area (Å²) in [7, 11) is 0. The van der Waals surface area contributed by atoms with E-state index in [2.05, 4.69) is 38.1 Å². The van der Waals surface area contributed by atoms with E-state index in [9.17, 15) is 9.90 Å². The van der Waals surface area contributed by atoms with Crippen LogP contribution < -0.4 is 5.11 Å². The van der Waals surface area contributed by atoms with Gasteiger partial charge in [0.15, 0.2) is 0 Å². The first kappa shape index (κ1) is 13.6. The van der Waals surface area contributed by atoms with Gasteiger partial charge in [0.2, 0.25) is 0 Å². The third kappa shape index (κ3) is 3.55. The van der Waals surface area contributed by atoms with E-state index in [0.29, 0.717) is 5.92 Å². The number of carbonyl (C=O) groups excluding carboxylic acids is 1. The molecular formula is C16H15O2S-. The van der Waals surface area contributed by atoms with E-state index in [1.54, 1.807) is 17.4 Å². The molecule has 98 valence electrons. The number of rotatable bonds is 4. The highest BCUT2D eigenvalue weighted by atomic mass is 32.1. The average Bonchev–Trinajstić information content (AvgIpc) is 2.85. The first-order valence-corrected chi connectivity index (χ1v) is 6.97. The van der Waals surface area contributed by atoms with Crippen LogP contribution in [0.2, 0.25) is 0 Å². The van der Waals surface area contributed by atoms with Gasteiger partial charge >= 0.3 is 0 Å². The van der Waals surface area contributed by atoms with Gasteiger partial charge in [-0.15, -0.1) is 11.3 Å². The Morgan fingerprint density at radius 3 is 2.42 bits per heavy atom. The van der Waals surface area contributed by atoms with E-state index in [1.165, 1.54) is 5.56 Å². The summed E-state index contributed by atoms with van der Waals surface area (Å²) in [5.74, 6) is -0.643. The second kappa shape index (κ2) is 5.85. The van der Waals surface area contributed by atoms with Crippen molar-refractivity contribution in [1.82, 2.24) is 0 Å². The van der Waals surface area contributed by atoms with Crippen LogP contribution in [0.4, 0.5) is 0 Å². The van der Waals surface area contributed by atoms with Gasteiger partial charge in [-0.05, 0) is 41.3 Å². The molecule has 2 rings (SSSR count). The van der Waals surface area contributed by atoms with Gasteiger partial charge < -0.3 is 9.90 Å². The van der Waals surface area contributed by atoms with Crippen LogP contribution in [0, 0.1) is 0 Å². The monoisotopic (exact) mass is 271 g/mol. The van der Waals surface area contributed by atoms with E-state index in [0.717, 1.165) is 21.4 Å². The van der Waals surface area contributed by atoms with E-state index in [4.69, 9.17) is 0 Å². The van der Waals surface area contributed by atoms with E-state index < -0.39 is 5.97 Å². The van der Waals surface area contributed by atoms with Crippen molar-refractivity contribution in [3.8, 4) is 10.4 Å². The van der Waals surface area contributed by atoms with Crippen LogP contribution >= 0.6 is 11.3 Å². The SMILES string of the molecule is CC(C)c1ccc(-c2ccc(/C=C/C(=O)[O-])s2)cc1. The number of hydrogen-bond acceptors (Lipinski definition) is 3. The molecule has 0 aliphatic carbocycles. The summed E-state index contributed by atoms with van der Waals surface area (Å²) in [6.45, 7) is 4.34. The van der Waals surface area contributed by atoms with Gasteiger partial charge in [-0.2, -0.15) is 0 Å². The Labute approximate surface area is 117 Å². The topological polar surface area (TPSA) is 40.1 Å². The van der Waals surface area contributed by atoms with E-state index in [-0.39, 0.29) is 0 Å². The summed E-state index contributed by atoms with van der Waals surface area (Å²) in [6, 6.07) is 12.4. The predicted octanol–water partition coefficient (Wildman–Crippen LogP) is 3.30. The van der Waals surface area contributed by atoms with Crippen LogP contribution in [0.3, 0.4) is 0 Å². The summed E-state index contributed by atoms with van der Waals surface area (Å²) in [5, 5.41) is 10.4. The summed E-state index contributed by atoms with van der Waals surface area (Å²) in [6.07, 6.45) is 2.61. The van der Waals surface area contributed by atoms with Crippen molar-refractivity contribution in [3.05, 3.63) is 52.9 Å². The lowest BCUT2D eigenvalue weighted by Crippen LogP contribution is -2.18. The van der Waals surface area contributed by atoms with Crippen LogP contribution in [-0.2, 0) is 4.79 Å². The molecular weight excluding hydrogens is 256 g/mol. The Balaban J connectivity index is 2.20. The molecule has 0 fully saturated rings. The highest BCUT2D eigenvalue weighted by molar-refractivity contribution is 7.16. The Bertz CT molecular complexity index is 591. The highest BCUT2D eigenvalue weighted by Gasteiger charge is 2.03. The molecule has 1 heterocycles. The van der Waals surface area contributed by atoms with Crippen LogP contribution in [0.1, 0.15) is 30.2 Å². The van der Waals surface area contributed by atoms with Gasteiger partial charge in [0.25, 0.3) is 0 Å². The molecule has 0 N–H and O–H groups in total. The third-order valence-electron chi connectivity index (χ3n) is 2.87. The first-order chi connectivity index (χ1) is 9.06. The van der Waals surface area contributed by atoms with Crippen molar-refractivity contribution < 1.29 is 9.90 Å². The minimum absolute atomic E-state index is 0.527. The van der Waals surface area contributed by atoms with Gasteiger partial charge in [-0.3, -0.25) is 0 Å². The Hall–Kier alpha value is -1.87. The average molecular weight is 271 g/mol. The number of carboxylic acids is 1. The largest absolute Gasteiger partial charge is 0.545 e. The zero-order valence-electron chi connectivity index (χ0n) is 10.9. The minimum atomic E-state index is -1.17. The summed E-state index contributed by atoms with van der Waals surface area (Å²) in [4.78, 5) is 12.4. The van der Waals surface area contributed by atoms with Crippen molar-refractivity contribution in [2.75, 3.05) is 0 Å². The smallest absolute Gasteiger partial charge is 0.0643 e. The van der Waals surface area contributed by atoms with E-state index >= 15 is 0 Å². The second-order valence-electron chi connectivity index (χ2n) is 4.63. The fourth-order valence-corrected chi connectivity index (χ4v) is 2.70. The van der Waals surface area contributed by atoms with Crippen LogP contribution in [0.5, 0.6) is 0 Å². The summed E-state index contributed by atoms with van der Waals surface area (Å²) < 4.78 is 0. The Morgan fingerprint density at radius 2 is 1.84 bits per heavy atom. The molecule has 0 saturated heterocycles. The van der Waals surface area contributed by atoms with Crippen LogP contribution in [0.25, 0.3) is 16.5 Å². The van der Waals surface area contributed by atoms with Gasteiger partial charge in [0.1, 0.15) is 0 Å². The quantitative estimate of drug-likeness (QED) is 0.800. The van der Waals surface area contributed by atoms with Crippen molar-refractivity contribution in [3.63, 3.8) is 0 Å². The molecule has 0 atom stereocenters. The molecule has 2 nitrogen and oxygen atoms in total. The lowest BCUT2D eigenvalue weighted by molar-refractivity contribution is -0.297. The molecule has 0 saturated carbocycles. The van der Waals surface area contributed by atoms with Crippen molar-refractivity contribution in [2.24, 2.45) is 0 Å². The molecule has 3 heteroatoms. The minimum Gasteiger partial charge on any atom is -0.545 e. The van der Waals surface area contributed by atoms with Gasteiger partial charge in [0.05, 0.1) is 5.97 Å². The number of carbonyl (C=O) groups is 1. The standard InChI is InChI=1S/C16H16O2S/c1-11(2)12-3-5-13(6-4-12)15-9-7-14(19-15)8-10-16(17)18/h3-11H,1-2H3,(H,17,18)/p-1/b10-8+. The predicted molar refractivity (Wildman–Crippen MR) is 77.9 cm³/mol. The van der Waals surface area contributed by atoms with Crippen molar-refractivity contribution in [2.45, 2.75) is 19.8 Å².